The van der Waals surface area contributed by atoms with Gasteiger partial charge in [-0.15, -0.1) is 0 Å². The Balaban J connectivity index is 1.87. The lowest BCUT2D eigenvalue weighted by Gasteiger charge is -2.13. The number of carbonyl (C=O) groups is 1. The van der Waals surface area contributed by atoms with Crippen LogP contribution in [-0.2, 0) is 10.0 Å². The number of aromatic nitrogens is 2. The molecule has 0 fully saturated rings. The van der Waals surface area contributed by atoms with Crippen molar-refractivity contribution in [3.8, 4) is 11.3 Å². The molecule has 0 N–H and O–H groups in total. The molecular formula is C21H13FN2O3S. The number of aryl methyl sites for hydroxylation is 1. The molecular weight excluding hydrogens is 379 g/mol. The molecule has 1 heterocycles. The Morgan fingerprint density at radius 2 is 1.64 bits per heavy atom. The standard InChI is InChI=1S/C21H13FN2O3S/c1-12-11-13(22)9-10-18(12)28(26,27)24-17-8-4-7-16-19(17)20(23-24)14-5-2-3-6-15(14)21(16)25/h2-11H,1H3. The average molecular weight is 392 g/mol. The zero-order valence-corrected chi connectivity index (χ0v) is 15.5. The highest BCUT2D eigenvalue weighted by atomic mass is 32.2. The number of rotatable bonds is 2. The molecule has 5 rings (SSSR count). The van der Waals surface area contributed by atoms with Gasteiger partial charge in [-0.05, 0) is 36.8 Å². The van der Waals surface area contributed by atoms with Gasteiger partial charge in [0.15, 0.2) is 5.78 Å². The maximum absolute atomic E-state index is 13.5. The maximum atomic E-state index is 13.5. The van der Waals surface area contributed by atoms with Crippen LogP contribution in [0.3, 0.4) is 0 Å². The zero-order chi connectivity index (χ0) is 19.6. The van der Waals surface area contributed by atoms with Gasteiger partial charge in [-0.25, -0.2) is 4.39 Å². The summed E-state index contributed by atoms with van der Waals surface area (Å²) in [6.45, 7) is 1.53. The zero-order valence-electron chi connectivity index (χ0n) is 14.7. The van der Waals surface area contributed by atoms with E-state index >= 15 is 0 Å². The highest BCUT2D eigenvalue weighted by Crippen LogP contribution is 2.39. The van der Waals surface area contributed by atoms with Crippen LogP contribution in [0, 0.1) is 12.7 Å². The van der Waals surface area contributed by atoms with Crippen LogP contribution in [0.2, 0.25) is 0 Å². The summed E-state index contributed by atoms with van der Waals surface area (Å²) in [4.78, 5) is 12.9. The Morgan fingerprint density at radius 3 is 2.39 bits per heavy atom. The molecule has 5 nitrogen and oxygen atoms in total. The van der Waals surface area contributed by atoms with E-state index in [9.17, 15) is 17.6 Å². The molecule has 0 bridgehead atoms. The molecule has 1 aromatic heterocycles. The molecule has 0 unspecified atom stereocenters. The van der Waals surface area contributed by atoms with Crippen molar-refractivity contribution in [1.29, 1.82) is 0 Å². The van der Waals surface area contributed by atoms with E-state index in [0.717, 1.165) is 10.2 Å². The van der Waals surface area contributed by atoms with Crippen LogP contribution in [0.15, 0.2) is 65.6 Å². The third-order valence-corrected chi connectivity index (χ3v) is 6.74. The molecule has 4 aromatic rings. The van der Waals surface area contributed by atoms with Gasteiger partial charge in [0, 0.05) is 22.1 Å². The molecule has 0 atom stereocenters. The highest BCUT2D eigenvalue weighted by Gasteiger charge is 2.32. The fourth-order valence-electron chi connectivity index (χ4n) is 3.73. The first-order valence-corrected chi connectivity index (χ1v) is 10.0. The predicted octanol–water partition coefficient (Wildman–Crippen LogP) is 3.93. The summed E-state index contributed by atoms with van der Waals surface area (Å²) < 4.78 is 41.1. The van der Waals surface area contributed by atoms with Crippen molar-refractivity contribution < 1.29 is 17.6 Å². The smallest absolute Gasteiger partial charge is 0.283 e. The second kappa shape index (κ2) is 5.59. The fourth-order valence-corrected chi connectivity index (χ4v) is 5.22. The van der Waals surface area contributed by atoms with Gasteiger partial charge in [-0.1, -0.05) is 36.4 Å². The molecule has 1 aliphatic carbocycles. The molecule has 0 saturated carbocycles. The van der Waals surface area contributed by atoms with E-state index in [1.165, 1.54) is 19.1 Å². The van der Waals surface area contributed by atoms with Gasteiger partial charge in [0.25, 0.3) is 10.0 Å². The molecule has 3 aromatic carbocycles. The van der Waals surface area contributed by atoms with E-state index in [0.29, 0.717) is 33.3 Å². The summed E-state index contributed by atoms with van der Waals surface area (Å²) in [6, 6.07) is 15.4. The highest BCUT2D eigenvalue weighted by molar-refractivity contribution is 7.90. The number of hydrogen-bond donors (Lipinski definition) is 0. The van der Waals surface area contributed by atoms with Crippen LogP contribution in [0.1, 0.15) is 21.5 Å². The van der Waals surface area contributed by atoms with E-state index in [1.807, 2.05) is 0 Å². The predicted molar refractivity (Wildman–Crippen MR) is 102 cm³/mol. The molecule has 7 heteroatoms. The minimum absolute atomic E-state index is 0.0332. The third kappa shape index (κ3) is 2.13. The second-order valence-corrected chi connectivity index (χ2v) is 8.42. The van der Waals surface area contributed by atoms with Crippen LogP contribution >= 0.6 is 0 Å². The topological polar surface area (TPSA) is 69.0 Å². The van der Waals surface area contributed by atoms with Gasteiger partial charge in [0.05, 0.1) is 10.4 Å². The molecule has 0 spiro atoms. The third-order valence-electron chi connectivity index (χ3n) is 4.99. The van der Waals surface area contributed by atoms with Crippen LogP contribution in [0.4, 0.5) is 4.39 Å². The fraction of sp³-hybridized carbons (Fsp3) is 0.0476. The molecule has 0 aliphatic heterocycles. The number of benzene rings is 3. The molecule has 0 amide bonds. The van der Waals surface area contributed by atoms with Crippen molar-refractivity contribution in [2.45, 2.75) is 11.8 Å². The minimum atomic E-state index is -4.08. The van der Waals surface area contributed by atoms with Gasteiger partial charge in [0.1, 0.15) is 11.5 Å². The minimum Gasteiger partial charge on any atom is -0.289 e. The van der Waals surface area contributed by atoms with Crippen molar-refractivity contribution in [3.63, 3.8) is 0 Å². The summed E-state index contributed by atoms with van der Waals surface area (Å²) >= 11 is 0. The quantitative estimate of drug-likeness (QED) is 0.456. The van der Waals surface area contributed by atoms with Crippen molar-refractivity contribution >= 4 is 26.7 Å². The first kappa shape index (κ1) is 16.8. The van der Waals surface area contributed by atoms with E-state index in [4.69, 9.17) is 0 Å². The number of ketones is 1. The van der Waals surface area contributed by atoms with Crippen LogP contribution in [0.25, 0.3) is 22.2 Å². The van der Waals surface area contributed by atoms with E-state index in [2.05, 4.69) is 5.10 Å². The normalized spacial score (nSPS) is 13.0. The lowest BCUT2D eigenvalue weighted by atomic mass is 9.87. The number of halogens is 1. The Bertz CT molecular complexity index is 1420. The van der Waals surface area contributed by atoms with E-state index in [-0.39, 0.29) is 16.2 Å². The Kier molecular flexibility index (Phi) is 3.36. The Hall–Kier alpha value is -3.32. The summed E-state index contributed by atoms with van der Waals surface area (Å²) in [5, 5.41) is 4.90. The monoisotopic (exact) mass is 392 g/mol. The molecule has 0 saturated heterocycles. The summed E-state index contributed by atoms with van der Waals surface area (Å²) in [5.74, 6) is -0.675. The van der Waals surface area contributed by atoms with Crippen molar-refractivity contribution in [1.82, 2.24) is 9.19 Å². The van der Waals surface area contributed by atoms with Gasteiger partial charge >= 0.3 is 0 Å². The van der Waals surface area contributed by atoms with E-state index in [1.54, 1.807) is 42.5 Å². The maximum Gasteiger partial charge on any atom is 0.283 e. The van der Waals surface area contributed by atoms with Crippen molar-refractivity contribution in [2.24, 2.45) is 0 Å². The molecule has 0 radical (unpaired) electrons. The number of fused-ring (bicyclic) bond motifs is 2. The van der Waals surface area contributed by atoms with Gasteiger partial charge < -0.3 is 0 Å². The first-order valence-electron chi connectivity index (χ1n) is 8.57. The molecule has 28 heavy (non-hydrogen) atoms. The van der Waals surface area contributed by atoms with Gasteiger partial charge in [0.2, 0.25) is 0 Å². The summed E-state index contributed by atoms with van der Waals surface area (Å²) in [7, 11) is -4.08. The van der Waals surface area contributed by atoms with Crippen molar-refractivity contribution in [2.75, 3.05) is 0 Å². The number of carbonyl (C=O) groups excluding carboxylic acids is 1. The van der Waals surface area contributed by atoms with Crippen LogP contribution < -0.4 is 0 Å². The number of nitrogens with zero attached hydrogens (tertiary/aromatic N) is 2. The second-order valence-electron chi connectivity index (χ2n) is 6.68. The average Bonchev–Trinajstić information content (AvgIpc) is 3.07. The molecule has 138 valence electrons. The van der Waals surface area contributed by atoms with Crippen molar-refractivity contribution in [3.05, 3.63) is 83.2 Å². The lowest BCUT2D eigenvalue weighted by Crippen LogP contribution is -2.16. The first-order chi connectivity index (χ1) is 13.4. The Morgan fingerprint density at radius 1 is 0.929 bits per heavy atom. The SMILES string of the molecule is Cc1cc(F)ccc1S(=O)(=O)n1nc2c3c(cccc31)C(=O)c1ccccc1-2. The summed E-state index contributed by atoms with van der Waals surface area (Å²) in [6.07, 6.45) is 0. The van der Waals surface area contributed by atoms with Crippen LogP contribution in [0.5, 0.6) is 0 Å². The van der Waals surface area contributed by atoms with Crippen LogP contribution in [-0.4, -0.2) is 23.4 Å². The largest absolute Gasteiger partial charge is 0.289 e. The van der Waals surface area contributed by atoms with Gasteiger partial charge in [-0.3, -0.25) is 4.79 Å². The lowest BCUT2D eigenvalue weighted by molar-refractivity contribution is 0.104. The summed E-state index contributed by atoms with van der Waals surface area (Å²) in [5.41, 5.74) is 2.56. The van der Waals surface area contributed by atoms with Gasteiger partial charge in [-0.2, -0.15) is 17.6 Å². The van der Waals surface area contributed by atoms with E-state index < -0.39 is 15.8 Å². The number of hydrogen-bond acceptors (Lipinski definition) is 4. The Labute approximate surface area is 160 Å². The molecule has 1 aliphatic rings.